The van der Waals surface area contributed by atoms with E-state index in [9.17, 15) is 0 Å². The Balaban J connectivity index is 2.45. The second-order valence-electron chi connectivity index (χ2n) is 6.48. The van der Waals surface area contributed by atoms with Crippen LogP contribution in [-0.4, -0.2) is 14.2 Å². The molecule has 2 unspecified atom stereocenters. The summed E-state index contributed by atoms with van der Waals surface area (Å²) in [5, 5.41) is 0. The molecule has 0 saturated carbocycles. The van der Waals surface area contributed by atoms with Gasteiger partial charge in [-0.25, -0.2) is 0 Å². The first kappa shape index (κ1) is 18.4. The van der Waals surface area contributed by atoms with E-state index in [1.165, 1.54) is 17.5 Å². The molecule has 2 nitrogen and oxygen atoms in total. The zero-order valence-electron chi connectivity index (χ0n) is 15.6. The molecule has 24 heavy (non-hydrogen) atoms. The molecule has 0 spiro atoms. The molecule has 0 N–H and O–H groups in total. The van der Waals surface area contributed by atoms with Gasteiger partial charge in [-0.1, -0.05) is 57.9 Å². The topological polar surface area (TPSA) is 18.5 Å². The van der Waals surface area contributed by atoms with Crippen LogP contribution >= 0.6 is 0 Å². The molecule has 2 heteroatoms. The molecule has 0 radical (unpaired) electrons. The molecule has 0 aliphatic heterocycles. The number of rotatable bonds is 8. The molecule has 2 aromatic rings. The van der Waals surface area contributed by atoms with Crippen LogP contribution < -0.4 is 9.47 Å². The van der Waals surface area contributed by atoms with Crippen molar-refractivity contribution >= 4 is 0 Å². The molecule has 0 saturated heterocycles. The molecular weight excluding hydrogens is 296 g/mol. The quantitative estimate of drug-likeness (QED) is 0.600. The van der Waals surface area contributed by atoms with Crippen molar-refractivity contribution in [2.75, 3.05) is 14.2 Å². The third kappa shape index (κ3) is 4.11. The van der Waals surface area contributed by atoms with Crippen molar-refractivity contribution in [3.63, 3.8) is 0 Å². The van der Waals surface area contributed by atoms with Gasteiger partial charge in [0.1, 0.15) is 11.5 Å². The molecule has 0 aromatic heterocycles. The molecule has 2 rings (SSSR count). The Hall–Kier alpha value is -1.96. The summed E-state index contributed by atoms with van der Waals surface area (Å²) in [6.07, 6.45) is 2.36. The van der Waals surface area contributed by atoms with Crippen LogP contribution in [0.4, 0.5) is 0 Å². The summed E-state index contributed by atoms with van der Waals surface area (Å²) in [4.78, 5) is 0. The fourth-order valence-electron chi connectivity index (χ4n) is 3.58. The first-order chi connectivity index (χ1) is 11.6. The molecule has 0 heterocycles. The van der Waals surface area contributed by atoms with E-state index >= 15 is 0 Å². The molecule has 0 amide bonds. The van der Waals surface area contributed by atoms with E-state index in [2.05, 4.69) is 69.3 Å². The van der Waals surface area contributed by atoms with Crippen molar-refractivity contribution in [3.8, 4) is 11.5 Å². The third-order valence-electron chi connectivity index (χ3n) is 5.22. The highest BCUT2D eigenvalue weighted by atomic mass is 16.5. The van der Waals surface area contributed by atoms with E-state index in [-0.39, 0.29) is 0 Å². The van der Waals surface area contributed by atoms with Crippen molar-refractivity contribution in [2.24, 2.45) is 11.8 Å². The van der Waals surface area contributed by atoms with E-state index in [4.69, 9.17) is 9.47 Å². The first-order valence-corrected chi connectivity index (χ1v) is 8.92. The maximum atomic E-state index is 5.32. The van der Waals surface area contributed by atoms with Crippen LogP contribution in [0.5, 0.6) is 11.5 Å². The van der Waals surface area contributed by atoms with Crippen LogP contribution in [0.2, 0.25) is 0 Å². The minimum absolute atomic E-state index is 0.391. The van der Waals surface area contributed by atoms with Crippen LogP contribution in [0.15, 0.2) is 48.5 Å². The second kappa shape index (κ2) is 8.77. The van der Waals surface area contributed by atoms with Gasteiger partial charge in [-0.15, -0.1) is 0 Å². The second-order valence-corrected chi connectivity index (χ2v) is 6.48. The van der Waals surface area contributed by atoms with Gasteiger partial charge in [-0.2, -0.15) is 0 Å². The fourth-order valence-corrected chi connectivity index (χ4v) is 3.58. The lowest BCUT2D eigenvalue weighted by atomic mass is 9.73. The summed E-state index contributed by atoms with van der Waals surface area (Å²) in [5.41, 5.74) is 2.71. The molecule has 0 aliphatic rings. The van der Waals surface area contributed by atoms with Gasteiger partial charge in [0.2, 0.25) is 0 Å². The summed E-state index contributed by atoms with van der Waals surface area (Å²) in [6.45, 7) is 6.96. The van der Waals surface area contributed by atoms with Crippen molar-refractivity contribution < 1.29 is 9.47 Å². The zero-order chi connectivity index (χ0) is 17.5. The molecule has 0 aliphatic carbocycles. The maximum absolute atomic E-state index is 5.32. The number of hydrogen-bond acceptors (Lipinski definition) is 2. The predicted octanol–water partition coefficient (Wildman–Crippen LogP) is 5.91. The number of ether oxygens (including phenoxy) is 2. The normalized spacial score (nSPS) is 13.6. The summed E-state index contributed by atoms with van der Waals surface area (Å²) >= 11 is 0. The van der Waals surface area contributed by atoms with Gasteiger partial charge in [0.25, 0.3) is 0 Å². The first-order valence-electron chi connectivity index (χ1n) is 8.92. The average molecular weight is 326 g/mol. The largest absolute Gasteiger partial charge is 0.497 e. The molecule has 2 aromatic carbocycles. The summed E-state index contributed by atoms with van der Waals surface area (Å²) in [5.74, 6) is 3.48. The van der Waals surface area contributed by atoms with E-state index in [1.807, 2.05) is 0 Å². The monoisotopic (exact) mass is 326 g/mol. The molecule has 0 bridgehead atoms. The Morgan fingerprint density at radius 2 is 1.12 bits per heavy atom. The van der Waals surface area contributed by atoms with Crippen molar-refractivity contribution in [3.05, 3.63) is 59.7 Å². The lowest BCUT2D eigenvalue weighted by Crippen LogP contribution is -2.20. The van der Waals surface area contributed by atoms with Gasteiger partial charge < -0.3 is 9.47 Å². The van der Waals surface area contributed by atoms with Crippen LogP contribution in [-0.2, 0) is 0 Å². The SMILES string of the molecule is CCC(C)C(CC)C(c1ccc(OC)cc1)c1ccc(OC)cc1. The highest BCUT2D eigenvalue weighted by molar-refractivity contribution is 5.39. The van der Waals surface area contributed by atoms with Crippen LogP contribution in [0.3, 0.4) is 0 Å². The highest BCUT2D eigenvalue weighted by Gasteiger charge is 2.27. The van der Waals surface area contributed by atoms with E-state index in [1.54, 1.807) is 14.2 Å². The van der Waals surface area contributed by atoms with Gasteiger partial charge in [-0.05, 0) is 47.2 Å². The summed E-state index contributed by atoms with van der Waals surface area (Å²) < 4.78 is 10.6. The van der Waals surface area contributed by atoms with E-state index < -0.39 is 0 Å². The fraction of sp³-hybridized carbons (Fsp3) is 0.455. The minimum atomic E-state index is 0.391. The maximum Gasteiger partial charge on any atom is 0.118 e. The van der Waals surface area contributed by atoms with Crippen molar-refractivity contribution in [1.82, 2.24) is 0 Å². The lowest BCUT2D eigenvalue weighted by Gasteiger charge is -2.32. The Kier molecular flexibility index (Phi) is 6.72. The van der Waals surface area contributed by atoms with E-state index in [0.29, 0.717) is 17.8 Å². The standard InChI is InChI=1S/C22H30O2/c1-6-16(3)21(7-2)22(17-8-12-19(23-4)13-9-17)18-10-14-20(24-5)15-11-18/h8-16,21-22H,6-7H2,1-5H3. The van der Waals surface area contributed by atoms with Crippen LogP contribution in [0.1, 0.15) is 50.7 Å². The van der Waals surface area contributed by atoms with Crippen molar-refractivity contribution in [2.45, 2.75) is 39.5 Å². The van der Waals surface area contributed by atoms with Gasteiger partial charge in [0.05, 0.1) is 14.2 Å². The van der Waals surface area contributed by atoms with Gasteiger partial charge in [0, 0.05) is 5.92 Å². The van der Waals surface area contributed by atoms with Crippen LogP contribution in [0.25, 0.3) is 0 Å². The van der Waals surface area contributed by atoms with Gasteiger partial charge in [-0.3, -0.25) is 0 Å². The molecular formula is C22H30O2. The lowest BCUT2D eigenvalue weighted by molar-refractivity contribution is 0.305. The summed E-state index contributed by atoms with van der Waals surface area (Å²) in [6, 6.07) is 17.1. The Morgan fingerprint density at radius 1 is 0.708 bits per heavy atom. The number of hydrogen-bond donors (Lipinski definition) is 0. The average Bonchev–Trinajstić information content (AvgIpc) is 2.65. The number of methoxy groups -OCH3 is 2. The predicted molar refractivity (Wildman–Crippen MR) is 101 cm³/mol. The highest BCUT2D eigenvalue weighted by Crippen LogP contribution is 2.40. The zero-order valence-corrected chi connectivity index (χ0v) is 15.6. The van der Waals surface area contributed by atoms with Crippen molar-refractivity contribution in [1.29, 1.82) is 0 Å². The van der Waals surface area contributed by atoms with E-state index in [0.717, 1.165) is 17.9 Å². The van der Waals surface area contributed by atoms with Crippen LogP contribution in [0, 0.1) is 11.8 Å². The third-order valence-corrected chi connectivity index (χ3v) is 5.22. The summed E-state index contributed by atoms with van der Waals surface area (Å²) in [7, 11) is 3.42. The molecule has 0 fully saturated rings. The van der Waals surface area contributed by atoms with Gasteiger partial charge >= 0.3 is 0 Å². The number of benzene rings is 2. The van der Waals surface area contributed by atoms with Gasteiger partial charge in [0.15, 0.2) is 0 Å². The Bertz CT molecular complexity index is 553. The molecule has 2 atom stereocenters. The smallest absolute Gasteiger partial charge is 0.118 e. The Labute approximate surface area is 146 Å². The minimum Gasteiger partial charge on any atom is -0.497 e. The molecule has 130 valence electrons. The Morgan fingerprint density at radius 3 is 1.42 bits per heavy atom.